The monoisotopic (exact) mass is 476 g/mol. The van der Waals surface area contributed by atoms with Crippen LogP contribution < -0.4 is 16.4 Å². The number of para-hydroxylation sites is 1. The second-order valence-electron chi connectivity index (χ2n) is 9.85. The predicted octanol–water partition coefficient (Wildman–Crippen LogP) is 2.13. The lowest BCUT2D eigenvalue weighted by atomic mass is 9.99. The number of aromatic hydroxyl groups is 1. The highest BCUT2D eigenvalue weighted by atomic mass is 16.6. The van der Waals surface area contributed by atoms with Crippen LogP contribution >= 0.6 is 0 Å². The predicted molar refractivity (Wildman–Crippen MR) is 128 cm³/mol. The first-order chi connectivity index (χ1) is 15.6. The highest BCUT2D eigenvalue weighted by molar-refractivity contribution is 5.95. The molecule has 2 atom stereocenters. The number of benzene rings is 1. The summed E-state index contributed by atoms with van der Waals surface area (Å²) < 4.78 is 5.20. The van der Waals surface area contributed by atoms with E-state index in [-0.39, 0.29) is 17.9 Å². The zero-order valence-corrected chi connectivity index (χ0v) is 20.7. The number of alkyl carbamates (subject to hydrolysis) is 1. The molecule has 0 aliphatic carbocycles. The zero-order chi connectivity index (χ0) is 26.3. The largest absolute Gasteiger partial charge is 0.508 e. The number of rotatable bonds is 9. The van der Waals surface area contributed by atoms with Crippen molar-refractivity contribution < 1.29 is 29.0 Å². The maximum absolute atomic E-state index is 13.6. The number of primary amides is 1. The summed E-state index contributed by atoms with van der Waals surface area (Å²) in [7, 11) is 0. The molecule has 1 aromatic rings. The number of carbonyl (C=O) groups is 4. The Kier molecular flexibility index (Phi) is 9.66. The molecule has 1 rings (SSSR count). The molecular weight excluding hydrogens is 440 g/mol. The van der Waals surface area contributed by atoms with Gasteiger partial charge in [0.1, 0.15) is 23.4 Å². The van der Waals surface area contributed by atoms with Crippen molar-refractivity contribution in [2.75, 3.05) is 6.54 Å². The van der Waals surface area contributed by atoms with Crippen LogP contribution in [0.4, 0.5) is 4.79 Å². The lowest BCUT2D eigenvalue weighted by Crippen LogP contribution is -2.55. The Balaban J connectivity index is 3.50. The molecule has 0 saturated carbocycles. The fourth-order valence-electron chi connectivity index (χ4n) is 3.12. The Morgan fingerprint density at radius 3 is 2.21 bits per heavy atom. The van der Waals surface area contributed by atoms with Crippen LogP contribution in [0.25, 0.3) is 0 Å². The number of phenols is 1. The molecule has 10 heteroatoms. The Hall–Kier alpha value is -3.56. The summed E-state index contributed by atoms with van der Waals surface area (Å²) in [6.45, 7) is 13.8. The highest BCUT2D eigenvalue weighted by Crippen LogP contribution is 2.30. The number of nitrogens with one attached hydrogen (secondary N) is 2. The second-order valence-corrected chi connectivity index (χ2v) is 9.85. The quantitative estimate of drug-likeness (QED) is 0.401. The van der Waals surface area contributed by atoms with Gasteiger partial charge in [-0.2, -0.15) is 0 Å². The van der Waals surface area contributed by atoms with Crippen LogP contribution in [0.3, 0.4) is 0 Å². The van der Waals surface area contributed by atoms with Crippen molar-refractivity contribution in [3.63, 3.8) is 0 Å². The van der Waals surface area contributed by atoms with E-state index >= 15 is 0 Å². The lowest BCUT2D eigenvalue weighted by molar-refractivity contribution is -0.143. The molecule has 0 radical (unpaired) electrons. The van der Waals surface area contributed by atoms with Gasteiger partial charge in [0.25, 0.3) is 0 Å². The fourth-order valence-corrected chi connectivity index (χ4v) is 3.12. The first kappa shape index (κ1) is 28.5. The van der Waals surface area contributed by atoms with Crippen LogP contribution in [0.2, 0.25) is 0 Å². The number of phenolic OH excluding ortho intramolecular Hbond substituents is 1. The summed E-state index contributed by atoms with van der Waals surface area (Å²) >= 11 is 0. The summed E-state index contributed by atoms with van der Waals surface area (Å²) in [5.41, 5.74) is 3.98. The van der Waals surface area contributed by atoms with E-state index in [1.807, 2.05) is 0 Å². The highest BCUT2D eigenvalue weighted by Gasteiger charge is 2.38. The van der Waals surface area contributed by atoms with Gasteiger partial charge in [-0.15, -0.1) is 6.58 Å². The Bertz CT molecular complexity index is 917. The van der Waals surface area contributed by atoms with Crippen molar-refractivity contribution in [3.05, 3.63) is 42.5 Å². The second kappa shape index (κ2) is 11.5. The minimum Gasteiger partial charge on any atom is -0.508 e. The molecule has 0 bridgehead atoms. The fraction of sp³-hybridized carbons (Fsp3) is 0.500. The third kappa shape index (κ3) is 9.13. The first-order valence-corrected chi connectivity index (χ1v) is 10.8. The van der Waals surface area contributed by atoms with Gasteiger partial charge >= 0.3 is 6.09 Å². The van der Waals surface area contributed by atoms with E-state index in [1.54, 1.807) is 53.7 Å². The summed E-state index contributed by atoms with van der Waals surface area (Å²) in [5, 5.41) is 15.7. The van der Waals surface area contributed by atoms with Crippen molar-refractivity contribution in [2.45, 2.75) is 71.2 Å². The lowest BCUT2D eigenvalue weighted by Gasteiger charge is -2.35. The SMILES string of the molecule is C=CCN(C(=O)C(CC(N)=O)NC(=O)OC(C)(C)C)C(C(=O)NC(C)(C)C)c1ccccc1O. The third-order valence-electron chi connectivity index (χ3n) is 4.29. The van der Waals surface area contributed by atoms with Gasteiger partial charge in [-0.05, 0) is 47.6 Å². The molecule has 0 aromatic heterocycles. The van der Waals surface area contributed by atoms with Crippen molar-refractivity contribution in [2.24, 2.45) is 5.73 Å². The summed E-state index contributed by atoms with van der Waals surface area (Å²) in [4.78, 5) is 52.1. The van der Waals surface area contributed by atoms with Crippen LogP contribution in [0.5, 0.6) is 5.75 Å². The maximum atomic E-state index is 13.6. The minimum atomic E-state index is -1.41. The van der Waals surface area contributed by atoms with Crippen LogP contribution in [0, 0.1) is 0 Å². The van der Waals surface area contributed by atoms with E-state index in [4.69, 9.17) is 10.5 Å². The minimum absolute atomic E-state index is 0.124. The number of hydrogen-bond donors (Lipinski definition) is 4. The molecule has 0 fully saturated rings. The van der Waals surface area contributed by atoms with Crippen LogP contribution in [-0.2, 0) is 19.1 Å². The molecule has 2 unspecified atom stereocenters. The average molecular weight is 477 g/mol. The van der Waals surface area contributed by atoms with E-state index in [0.29, 0.717) is 0 Å². The average Bonchev–Trinajstić information content (AvgIpc) is 2.64. The number of hydrogen-bond acceptors (Lipinski definition) is 6. The van der Waals surface area contributed by atoms with Gasteiger partial charge in [0, 0.05) is 17.6 Å². The van der Waals surface area contributed by atoms with Crippen LogP contribution in [-0.4, -0.2) is 57.5 Å². The molecule has 0 aliphatic heterocycles. The normalized spacial score (nSPS) is 13.2. The van der Waals surface area contributed by atoms with Crippen molar-refractivity contribution in [1.82, 2.24) is 15.5 Å². The molecule has 0 aliphatic rings. The van der Waals surface area contributed by atoms with Crippen LogP contribution in [0.15, 0.2) is 36.9 Å². The van der Waals surface area contributed by atoms with Gasteiger partial charge in [-0.3, -0.25) is 14.4 Å². The maximum Gasteiger partial charge on any atom is 0.408 e. The van der Waals surface area contributed by atoms with E-state index in [9.17, 15) is 24.3 Å². The number of amides is 4. The van der Waals surface area contributed by atoms with Gasteiger partial charge in [0.05, 0.1) is 6.42 Å². The number of carbonyl (C=O) groups excluding carboxylic acids is 4. The molecule has 10 nitrogen and oxygen atoms in total. The van der Waals surface area contributed by atoms with Gasteiger partial charge in [-0.25, -0.2) is 4.79 Å². The number of nitrogens with zero attached hydrogens (tertiary/aromatic N) is 1. The topological polar surface area (TPSA) is 151 Å². The number of nitrogens with two attached hydrogens (primary N) is 1. The smallest absolute Gasteiger partial charge is 0.408 e. The van der Waals surface area contributed by atoms with Crippen molar-refractivity contribution >= 4 is 23.8 Å². The standard InChI is InChI=1S/C24H36N4O6/c1-8-13-28(21(32)16(14-18(25)30)26-22(33)34-24(5,6)7)19(20(31)27-23(2,3)4)15-11-9-10-12-17(15)29/h8-12,16,19,29H,1,13-14H2,2-7H3,(H2,25,30)(H,26,33)(H,27,31). The molecule has 34 heavy (non-hydrogen) atoms. The van der Waals surface area contributed by atoms with Gasteiger partial charge in [0.15, 0.2) is 0 Å². The van der Waals surface area contributed by atoms with Crippen molar-refractivity contribution in [3.8, 4) is 5.75 Å². The summed E-state index contributed by atoms with van der Waals surface area (Å²) in [5.74, 6) is -2.39. The van der Waals surface area contributed by atoms with E-state index in [1.165, 1.54) is 18.2 Å². The molecule has 4 amide bonds. The summed E-state index contributed by atoms with van der Waals surface area (Å²) in [6.07, 6.45) is -0.0617. The van der Waals surface area contributed by atoms with E-state index < -0.39 is 53.5 Å². The molecule has 0 spiro atoms. The summed E-state index contributed by atoms with van der Waals surface area (Å²) in [6, 6.07) is 3.39. The molecule has 188 valence electrons. The third-order valence-corrected chi connectivity index (χ3v) is 4.29. The number of ether oxygens (including phenoxy) is 1. The molecular formula is C24H36N4O6. The Morgan fingerprint density at radius 2 is 1.74 bits per heavy atom. The van der Waals surface area contributed by atoms with E-state index in [0.717, 1.165) is 4.90 Å². The van der Waals surface area contributed by atoms with Gasteiger partial charge in [0.2, 0.25) is 17.7 Å². The molecule has 1 aromatic carbocycles. The first-order valence-electron chi connectivity index (χ1n) is 10.8. The molecule has 0 saturated heterocycles. The zero-order valence-electron chi connectivity index (χ0n) is 20.7. The Labute approximate surface area is 200 Å². The van der Waals surface area contributed by atoms with Gasteiger partial charge < -0.3 is 31.1 Å². The molecule has 0 heterocycles. The van der Waals surface area contributed by atoms with E-state index in [2.05, 4.69) is 17.2 Å². The Morgan fingerprint density at radius 1 is 1.15 bits per heavy atom. The van der Waals surface area contributed by atoms with Crippen LogP contribution in [0.1, 0.15) is 59.6 Å². The van der Waals surface area contributed by atoms with Gasteiger partial charge in [-0.1, -0.05) is 24.3 Å². The van der Waals surface area contributed by atoms with Crippen molar-refractivity contribution in [1.29, 1.82) is 0 Å². The molecule has 5 N–H and O–H groups in total.